The summed E-state index contributed by atoms with van der Waals surface area (Å²) in [6, 6.07) is 23.2. The van der Waals surface area contributed by atoms with E-state index in [2.05, 4.69) is 48.5 Å². The molecule has 0 aliphatic rings. The van der Waals surface area contributed by atoms with Crippen LogP contribution in [0.1, 0.15) is 33.3 Å². The van der Waals surface area contributed by atoms with Crippen molar-refractivity contribution in [3.63, 3.8) is 0 Å². The number of nitrogens with one attached hydrogen (secondary N) is 3. The van der Waals surface area contributed by atoms with Crippen LogP contribution in [0.25, 0.3) is 0 Å². The molecule has 0 fully saturated rings. The van der Waals surface area contributed by atoms with Crippen LogP contribution < -0.4 is 20.7 Å². The van der Waals surface area contributed by atoms with Gasteiger partial charge < -0.3 is 20.7 Å². The summed E-state index contributed by atoms with van der Waals surface area (Å²) >= 11 is 5.54. The van der Waals surface area contributed by atoms with Crippen LogP contribution in [0, 0.1) is 5.82 Å². The van der Waals surface area contributed by atoms with Gasteiger partial charge in [0.1, 0.15) is 23.4 Å². The van der Waals surface area contributed by atoms with E-state index in [9.17, 15) is 9.18 Å². The topological polar surface area (TPSA) is 65.6 Å². The number of thiocarbonyl (C=S) groups is 1. The third-order valence-corrected chi connectivity index (χ3v) is 6.28. The smallest absolute Gasteiger partial charge is 0.242 e. The number of ether oxygens (including phenoxy) is 1. The minimum Gasteiger partial charge on any atom is -0.457 e. The minimum absolute atomic E-state index is 0.103. The molecule has 3 N–H and O–H groups in total. The van der Waals surface area contributed by atoms with Gasteiger partial charge in [0.2, 0.25) is 5.91 Å². The van der Waals surface area contributed by atoms with Gasteiger partial charge in [-0.3, -0.25) is 9.69 Å². The maximum atomic E-state index is 13.2. The van der Waals surface area contributed by atoms with Crippen LogP contribution in [0.5, 0.6) is 11.5 Å². The second-order valence-electron chi connectivity index (χ2n) is 9.64. The lowest BCUT2D eigenvalue weighted by molar-refractivity contribution is -0.122. The van der Waals surface area contributed by atoms with Crippen LogP contribution in [-0.2, 0) is 11.2 Å². The third kappa shape index (κ3) is 9.43. The van der Waals surface area contributed by atoms with Gasteiger partial charge in [0.25, 0.3) is 0 Å². The van der Waals surface area contributed by atoms with Crippen molar-refractivity contribution < 1.29 is 13.9 Å². The van der Waals surface area contributed by atoms with Crippen LogP contribution in [0.15, 0.2) is 78.9 Å². The Balaban J connectivity index is 1.59. The summed E-state index contributed by atoms with van der Waals surface area (Å²) in [6.07, 6.45) is 0.497. The largest absolute Gasteiger partial charge is 0.457 e. The van der Waals surface area contributed by atoms with Crippen molar-refractivity contribution >= 4 is 28.9 Å². The van der Waals surface area contributed by atoms with Crippen LogP contribution in [0.3, 0.4) is 0 Å². The van der Waals surface area contributed by atoms with Crippen molar-refractivity contribution in [2.24, 2.45) is 0 Å². The van der Waals surface area contributed by atoms with E-state index in [1.165, 1.54) is 12.1 Å². The Labute approximate surface area is 230 Å². The highest BCUT2D eigenvalue weighted by Gasteiger charge is 2.21. The lowest BCUT2D eigenvalue weighted by atomic mass is 10.1. The Bertz CT molecular complexity index is 1150. The van der Waals surface area contributed by atoms with Gasteiger partial charge in [-0.2, -0.15) is 0 Å². The van der Waals surface area contributed by atoms with Crippen LogP contribution in [-0.4, -0.2) is 47.1 Å². The SMILES string of the molecule is CC(C)N(CCNC(=O)[C@H](Cc1ccccc1)NC(=S)Nc1ccc(Oc2ccc(F)cc2)cc1)C(C)C. The number of benzene rings is 3. The standard InChI is InChI=1S/C30H37FN4O2S/c1-21(2)35(22(3)4)19-18-32-29(36)28(20-23-8-6-5-7-9-23)34-30(38)33-25-12-16-27(17-13-25)37-26-14-10-24(31)11-15-26/h5-17,21-22,28H,18-20H2,1-4H3,(H,32,36)(H2,33,34,38)/t28-/m0/s1. The molecule has 0 saturated carbocycles. The van der Waals surface area contributed by atoms with Gasteiger partial charge in [-0.15, -0.1) is 0 Å². The quantitative estimate of drug-likeness (QED) is 0.256. The summed E-state index contributed by atoms with van der Waals surface area (Å²) in [6.45, 7) is 9.96. The fraction of sp³-hybridized carbons (Fsp3) is 0.333. The number of rotatable bonds is 12. The molecule has 1 atom stereocenters. The predicted octanol–water partition coefficient (Wildman–Crippen LogP) is 5.75. The number of carbonyl (C=O) groups excluding carboxylic acids is 1. The van der Waals surface area contributed by atoms with Crippen molar-refractivity contribution in [3.05, 3.63) is 90.2 Å². The minimum atomic E-state index is -0.537. The summed E-state index contributed by atoms with van der Waals surface area (Å²) in [7, 11) is 0. The lowest BCUT2D eigenvalue weighted by Gasteiger charge is -2.30. The molecule has 3 aromatic rings. The summed E-state index contributed by atoms with van der Waals surface area (Å²) < 4.78 is 18.8. The monoisotopic (exact) mass is 536 g/mol. The molecule has 0 radical (unpaired) electrons. The van der Waals surface area contributed by atoms with Gasteiger partial charge in [-0.1, -0.05) is 30.3 Å². The van der Waals surface area contributed by atoms with E-state index in [1.54, 1.807) is 24.3 Å². The summed E-state index contributed by atoms with van der Waals surface area (Å²) in [5, 5.41) is 9.75. The van der Waals surface area contributed by atoms with E-state index >= 15 is 0 Å². The van der Waals surface area contributed by atoms with E-state index in [4.69, 9.17) is 17.0 Å². The van der Waals surface area contributed by atoms with Crippen LogP contribution in [0.2, 0.25) is 0 Å². The highest BCUT2D eigenvalue weighted by Crippen LogP contribution is 2.23. The van der Waals surface area contributed by atoms with Crippen molar-refractivity contribution in [1.82, 2.24) is 15.5 Å². The number of amides is 1. The molecule has 0 spiro atoms. The average Bonchev–Trinajstić information content (AvgIpc) is 2.88. The maximum Gasteiger partial charge on any atom is 0.242 e. The average molecular weight is 537 g/mol. The second kappa shape index (κ2) is 14.4. The van der Waals surface area contributed by atoms with Crippen molar-refractivity contribution in [2.45, 2.75) is 52.2 Å². The molecule has 3 rings (SSSR count). The molecule has 0 aromatic heterocycles. The molecule has 0 bridgehead atoms. The Kier molecular flexibility index (Phi) is 11.1. The van der Waals surface area contributed by atoms with E-state index in [-0.39, 0.29) is 11.7 Å². The molecular weight excluding hydrogens is 499 g/mol. The number of hydrogen-bond acceptors (Lipinski definition) is 4. The summed E-state index contributed by atoms with van der Waals surface area (Å²) in [5.41, 5.74) is 1.79. The van der Waals surface area contributed by atoms with Crippen LogP contribution in [0.4, 0.5) is 10.1 Å². The van der Waals surface area contributed by atoms with Gasteiger partial charge in [0.05, 0.1) is 0 Å². The molecule has 0 aliphatic carbocycles. The van der Waals surface area contributed by atoms with Gasteiger partial charge in [-0.05, 0) is 94.0 Å². The first-order valence-electron chi connectivity index (χ1n) is 12.9. The number of carbonyl (C=O) groups is 1. The Morgan fingerprint density at radius 2 is 1.47 bits per heavy atom. The van der Waals surface area contributed by atoms with Crippen molar-refractivity contribution in [3.8, 4) is 11.5 Å². The number of hydrogen-bond donors (Lipinski definition) is 3. The summed E-state index contributed by atoms with van der Waals surface area (Å²) in [5.74, 6) is 0.738. The molecule has 1 amide bonds. The van der Waals surface area contributed by atoms with Gasteiger partial charge in [0.15, 0.2) is 5.11 Å². The molecule has 0 unspecified atom stereocenters. The molecule has 202 valence electrons. The second-order valence-corrected chi connectivity index (χ2v) is 10.0. The fourth-order valence-electron chi connectivity index (χ4n) is 4.17. The zero-order valence-corrected chi connectivity index (χ0v) is 23.2. The third-order valence-electron chi connectivity index (χ3n) is 6.06. The molecule has 0 saturated heterocycles. The van der Waals surface area contributed by atoms with Gasteiger partial charge >= 0.3 is 0 Å². The highest BCUT2D eigenvalue weighted by atomic mass is 32.1. The van der Waals surface area contributed by atoms with Gasteiger partial charge in [-0.25, -0.2) is 4.39 Å². The first-order valence-corrected chi connectivity index (χ1v) is 13.3. The molecule has 0 aliphatic heterocycles. The zero-order valence-electron chi connectivity index (χ0n) is 22.4. The van der Waals surface area contributed by atoms with Crippen molar-refractivity contribution in [2.75, 3.05) is 18.4 Å². The molecule has 8 heteroatoms. The molecule has 6 nitrogen and oxygen atoms in total. The van der Waals surface area contributed by atoms with E-state index in [0.29, 0.717) is 41.7 Å². The lowest BCUT2D eigenvalue weighted by Crippen LogP contribution is -2.51. The maximum absolute atomic E-state index is 13.2. The molecule has 38 heavy (non-hydrogen) atoms. The number of nitrogens with zero attached hydrogens (tertiary/aromatic N) is 1. The fourth-order valence-corrected chi connectivity index (χ4v) is 4.43. The first kappa shape index (κ1) is 29.1. The summed E-state index contributed by atoms with van der Waals surface area (Å²) in [4.78, 5) is 15.5. The van der Waals surface area contributed by atoms with E-state index in [0.717, 1.165) is 17.8 Å². The first-order chi connectivity index (χ1) is 18.2. The zero-order chi connectivity index (χ0) is 27.5. The Morgan fingerprint density at radius 3 is 2.05 bits per heavy atom. The van der Waals surface area contributed by atoms with Crippen molar-refractivity contribution in [1.29, 1.82) is 0 Å². The van der Waals surface area contributed by atoms with Crippen LogP contribution >= 0.6 is 12.2 Å². The van der Waals surface area contributed by atoms with E-state index in [1.807, 2.05) is 42.5 Å². The van der Waals surface area contributed by atoms with E-state index < -0.39 is 6.04 Å². The molecular formula is C30H37FN4O2S. The normalized spacial score (nSPS) is 11.9. The predicted molar refractivity (Wildman–Crippen MR) is 156 cm³/mol. The number of halogens is 1. The Hall–Kier alpha value is -3.49. The van der Waals surface area contributed by atoms with Gasteiger partial charge in [0, 0.05) is 37.3 Å². The highest BCUT2D eigenvalue weighted by molar-refractivity contribution is 7.80. The number of anilines is 1. The Morgan fingerprint density at radius 1 is 0.895 bits per heavy atom. The molecule has 0 heterocycles. The molecule has 3 aromatic carbocycles.